The van der Waals surface area contributed by atoms with E-state index in [1.165, 1.54) is 24.3 Å². The van der Waals surface area contributed by atoms with Crippen LogP contribution in [-0.4, -0.2) is 15.9 Å². The van der Waals surface area contributed by atoms with Crippen LogP contribution in [0.3, 0.4) is 0 Å². The van der Waals surface area contributed by atoms with Crippen LogP contribution < -0.4 is 10.6 Å². The largest absolute Gasteiger partial charge is 0.340 e. The van der Waals surface area contributed by atoms with Gasteiger partial charge in [-0.25, -0.2) is 14.4 Å². The Hall–Kier alpha value is -2.99. The predicted molar refractivity (Wildman–Crippen MR) is 101 cm³/mol. The molecular formula is C19H16ClFN4O. The minimum atomic E-state index is -0.505. The van der Waals surface area contributed by atoms with Crippen LogP contribution in [0, 0.1) is 19.7 Å². The number of aromatic nitrogens is 2. The number of para-hydroxylation sites is 1. The molecule has 2 N–H and O–H groups in total. The van der Waals surface area contributed by atoms with Crippen molar-refractivity contribution in [2.75, 3.05) is 10.6 Å². The molecule has 0 bridgehead atoms. The second-order valence-corrected chi connectivity index (χ2v) is 6.12. The van der Waals surface area contributed by atoms with E-state index in [2.05, 4.69) is 20.6 Å². The first-order valence-corrected chi connectivity index (χ1v) is 8.25. The number of anilines is 3. The molecule has 132 valence electrons. The summed E-state index contributed by atoms with van der Waals surface area (Å²) in [6.07, 6.45) is 0. The number of benzene rings is 2. The van der Waals surface area contributed by atoms with E-state index in [9.17, 15) is 9.18 Å². The highest BCUT2D eigenvalue weighted by Crippen LogP contribution is 2.22. The topological polar surface area (TPSA) is 66.9 Å². The molecule has 0 saturated heterocycles. The van der Waals surface area contributed by atoms with Crippen molar-refractivity contribution < 1.29 is 9.18 Å². The summed E-state index contributed by atoms with van der Waals surface area (Å²) in [4.78, 5) is 21.0. The van der Waals surface area contributed by atoms with Crippen LogP contribution >= 0.6 is 11.6 Å². The summed E-state index contributed by atoms with van der Waals surface area (Å²) in [5, 5.41) is 5.83. The minimum absolute atomic E-state index is 0.00158. The van der Waals surface area contributed by atoms with Gasteiger partial charge in [-0.15, -0.1) is 0 Å². The molecule has 26 heavy (non-hydrogen) atoms. The fraction of sp³-hybridized carbons (Fsp3) is 0.105. The molecule has 3 aromatic rings. The zero-order chi connectivity index (χ0) is 18.7. The molecule has 0 saturated carbocycles. The lowest BCUT2D eigenvalue weighted by atomic mass is 10.2. The van der Waals surface area contributed by atoms with Crippen molar-refractivity contribution in [1.82, 2.24) is 9.97 Å². The normalized spacial score (nSPS) is 10.5. The van der Waals surface area contributed by atoms with Crippen LogP contribution in [0.5, 0.6) is 0 Å². The zero-order valence-electron chi connectivity index (χ0n) is 14.2. The van der Waals surface area contributed by atoms with E-state index in [-0.39, 0.29) is 16.6 Å². The molecular weight excluding hydrogens is 355 g/mol. The lowest BCUT2D eigenvalue weighted by molar-refractivity contribution is 0.102. The fourth-order valence-corrected chi connectivity index (χ4v) is 2.55. The Morgan fingerprint density at radius 3 is 2.58 bits per heavy atom. The number of rotatable bonds is 4. The van der Waals surface area contributed by atoms with Crippen LogP contribution in [0.25, 0.3) is 0 Å². The van der Waals surface area contributed by atoms with E-state index < -0.39 is 5.82 Å². The maximum atomic E-state index is 13.3. The Morgan fingerprint density at radius 1 is 1.08 bits per heavy atom. The van der Waals surface area contributed by atoms with Gasteiger partial charge >= 0.3 is 0 Å². The Labute approximate surface area is 155 Å². The molecule has 0 unspecified atom stereocenters. The van der Waals surface area contributed by atoms with E-state index in [1.54, 1.807) is 6.92 Å². The molecule has 2 aromatic carbocycles. The van der Waals surface area contributed by atoms with Crippen LogP contribution in [0.1, 0.15) is 21.9 Å². The maximum Gasteiger partial charge on any atom is 0.274 e. The highest BCUT2D eigenvalue weighted by atomic mass is 35.5. The first-order valence-electron chi connectivity index (χ1n) is 7.87. The Bertz CT molecular complexity index is 978. The van der Waals surface area contributed by atoms with Gasteiger partial charge < -0.3 is 10.6 Å². The second-order valence-electron chi connectivity index (χ2n) is 5.71. The van der Waals surface area contributed by atoms with E-state index in [0.717, 1.165) is 5.56 Å². The van der Waals surface area contributed by atoms with Gasteiger partial charge in [0.2, 0.25) is 0 Å². The van der Waals surface area contributed by atoms with Crippen molar-refractivity contribution in [3.05, 3.63) is 76.5 Å². The Morgan fingerprint density at radius 2 is 1.85 bits per heavy atom. The third kappa shape index (κ3) is 4.15. The van der Waals surface area contributed by atoms with E-state index in [1.807, 2.05) is 31.2 Å². The number of amides is 1. The van der Waals surface area contributed by atoms with Crippen molar-refractivity contribution in [3.8, 4) is 0 Å². The summed E-state index contributed by atoms with van der Waals surface area (Å²) < 4.78 is 13.3. The molecule has 3 rings (SSSR count). The standard InChI is InChI=1S/C19H16ClFN4O/c1-11-5-3-4-6-16(11)25-19(26)17-10-18(23-12(2)22-17)24-13-7-8-15(21)14(20)9-13/h3-10H,1-2H3,(H,25,26)(H,22,23,24). The van der Waals surface area contributed by atoms with Gasteiger partial charge in [0.25, 0.3) is 5.91 Å². The van der Waals surface area contributed by atoms with E-state index >= 15 is 0 Å². The number of hydrogen-bond donors (Lipinski definition) is 2. The molecule has 0 atom stereocenters. The molecule has 7 heteroatoms. The summed E-state index contributed by atoms with van der Waals surface area (Å²) in [5.74, 6) is -0.00683. The van der Waals surface area contributed by atoms with Crippen LogP contribution in [0.4, 0.5) is 21.6 Å². The third-order valence-corrected chi connectivity index (χ3v) is 3.95. The second kappa shape index (κ2) is 7.49. The first kappa shape index (κ1) is 17.8. The Kier molecular flexibility index (Phi) is 5.14. The van der Waals surface area contributed by atoms with Crippen molar-refractivity contribution in [3.63, 3.8) is 0 Å². The van der Waals surface area contributed by atoms with Gasteiger partial charge in [0, 0.05) is 17.4 Å². The zero-order valence-corrected chi connectivity index (χ0v) is 14.9. The molecule has 5 nitrogen and oxygen atoms in total. The predicted octanol–water partition coefficient (Wildman–Crippen LogP) is 4.88. The molecule has 1 heterocycles. The summed E-state index contributed by atoms with van der Waals surface area (Å²) in [7, 11) is 0. The summed E-state index contributed by atoms with van der Waals surface area (Å²) in [6, 6.07) is 13.2. The van der Waals surface area contributed by atoms with Gasteiger partial charge in [0.05, 0.1) is 5.02 Å². The minimum Gasteiger partial charge on any atom is -0.340 e. The van der Waals surface area contributed by atoms with Gasteiger partial charge in [0.15, 0.2) is 0 Å². The molecule has 1 aromatic heterocycles. The number of halogens is 2. The molecule has 1 amide bonds. The van der Waals surface area contributed by atoms with Crippen LogP contribution in [0.15, 0.2) is 48.5 Å². The van der Waals surface area contributed by atoms with Gasteiger partial charge in [-0.2, -0.15) is 0 Å². The molecule has 0 fully saturated rings. The third-order valence-electron chi connectivity index (χ3n) is 3.66. The highest BCUT2D eigenvalue weighted by Gasteiger charge is 2.12. The highest BCUT2D eigenvalue weighted by molar-refractivity contribution is 6.31. The van der Waals surface area contributed by atoms with Crippen molar-refractivity contribution in [2.24, 2.45) is 0 Å². The first-order chi connectivity index (χ1) is 12.4. The van der Waals surface area contributed by atoms with Crippen molar-refractivity contribution >= 4 is 34.7 Å². The molecule has 0 aliphatic rings. The van der Waals surface area contributed by atoms with Crippen molar-refractivity contribution in [1.29, 1.82) is 0 Å². The Balaban J connectivity index is 1.84. The summed E-state index contributed by atoms with van der Waals surface area (Å²) >= 11 is 5.79. The number of hydrogen-bond acceptors (Lipinski definition) is 4. The van der Waals surface area contributed by atoms with Crippen molar-refractivity contribution in [2.45, 2.75) is 13.8 Å². The molecule has 0 spiro atoms. The van der Waals surface area contributed by atoms with Gasteiger partial charge in [0.1, 0.15) is 23.2 Å². The fourth-order valence-electron chi connectivity index (χ4n) is 2.37. The van der Waals surface area contributed by atoms with Gasteiger partial charge in [-0.3, -0.25) is 4.79 Å². The average molecular weight is 371 g/mol. The molecule has 0 aliphatic heterocycles. The average Bonchev–Trinajstić information content (AvgIpc) is 2.59. The maximum absolute atomic E-state index is 13.3. The lowest BCUT2D eigenvalue weighted by Gasteiger charge is -2.10. The van der Waals surface area contributed by atoms with E-state index in [4.69, 9.17) is 11.6 Å². The SMILES string of the molecule is Cc1nc(Nc2ccc(F)c(Cl)c2)cc(C(=O)Nc2ccccc2C)n1. The molecule has 0 radical (unpaired) electrons. The summed E-state index contributed by atoms with van der Waals surface area (Å²) in [6.45, 7) is 3.60. The quantitative estimate of drug-likeness (QED) is 0.686. The number of aryl methyl sites for hydroxylation is 2. The smallest absolute Gasteiger partial charge is 0.274 e. The lowest BCUT2D eigenvalue weighted by Crippen LogP contribution is -2.16. The number of carbonyl (C=O) groups is 1. The van der Waals surface area contributed by atoms with Gasteiger partial charge in [-0.1, -0.05) is 29.8 Å². The summed E-state index contributed by atoms with van der Waals surface area (Å²) in [5.41, 5.74) is 2.44. The monoisotopic (exact) mass is 370 g/mol. The number of carbonyl (C=O) groups excluding carboxylic acids is 1. The molecule has 0 aliphatic carbocycles. The number of nitrogens with zero attached hydrogens (tertiary/aromatic N) is 2. The van der Waals surface area contributed by atoms with E-state index in [0.29, 0.717) is 23.0 Å². The van der Waals surface area contributed by atoms with Crippen LogP contribution in [0.2, 0.25) is 5.02 Å². The van der Waals surface area contributed by atoms with Gasteiger partial charge in [-0.05, 0) is 43.7 Å². The number of nitrogens with one attached hydrogen (secondary N) is 2. The van der Waals surface area contributed by atoms with Crippen LogP contribution in [-0.2, 0) is 0 Å².